The number of thiophene rings is 1. The largest absolute Gasteiger partial charge is 0.309 e. The average Bonchev–Trinajstić information content (AvgIpc) is 2.97. The topological polar surface area (TPSA) is 12.0 Å². The van der Waals surface area contributed by atoms with E-state index in [2.05, 4.69) is 27.3 Å². The standard InChI is InChI=1S/C15H14BrF2NS/c1-19-15(9-6-12(18)10(16)7-11(9)17)14-5-8-3-2-4-13(8)20-14/h5-7,15,19H,2-4H2,1H3. The van der Waals surface area contributed by atoms with Gasteiger partial charge in [0.15, 0.2) is 0 Å². The first-order valence-electron chi connectivity index (χ1n) is 6.53. The Balaban J connectivity index is 2.03. The van der Waals surface area contributed by atoms with E-state index in [1.807, 2.05) is 0 Å². The van der Waals surface area contributed by atoms with Crippen LogP contribution in [0.2, 0.25) is 0 Å². The highest BCUT2D eigenvalue weighted by atomic mass is 79.9. The first-order valence-corrected chi connectivity index (χ1v) is 8.14. The minimum atomic E-state index is -0.439. The van der Waals surface area contributed by atoms with Crippen LogP contribution in [-0.4, -0.2) is 7.05 Å². The molecule has 1 aromatic carbocycles. The number of nitrogens with one attached hydrogen (secondary N) is 1. The first-order chi connectivity index (χ1) is 9.60. The molecule has 0 fully saturated rings. The molecule has 0 radical (unpaired) electrons. The molecule has 1 atom stereocenters. The van der Waals surface area contributed by atoms with Crippen LogP contribution < -0.4 is 5.32 Å². The predicted molar refractivity (Wildman–Crippen MR) is 81.3 cm³/mol. The van der Waals surface area contributed by atoms with Crippen molar-refractivity contribution in [3.63, 3.8) is 0 Å². The van der Waals surface area contributed by atoms with Crippen molar-refractivity contribution < 1.29 is 8.78 Å². The van der Waals surface area contributed by atoms with Crippen LogP contribution in [-0.2, 0) is 12.8 Å². The molecule has 0 saturated heterocycles. The fourth-order valence-electron chi connectivity index (χ4n) is 2.70. The van der Waals surface area contributed by atoms with Gasteiger partial charge in [-0.1, -0.05) is 0 Å². The van der Waals surface area contributed by atoms with Gasteiger partial charge in [0.1, 0.15) is 11.6 Å². The second kappa shape index (κ2) is 5.54. The lowest BCUT2D eigenvalue weighted by molar-refractivity contribution is 0.557. The van der Waals surface area contributed by atoms with Gasteiger partial charge in [0.05, 0.1) is 10.5 Å². The predicted octanol–water partition coefficient (Wildman–Crippen LogP) is 4.59. The smallest absolute Gasteiger partial charge is 0.137 e. The molecule has 1 aromatic heterocycles. The number of aryl methyl sites for hydroxylation is 2. The van der Waals surface area contributed by atoms with Crippen molar-refractivity contribution in [2.24, 2.45) is 0 Å². The molecule has 1 aliphatic carbocycles. The summed E-state index contributed by atoms with van der Waals surface area (Å²) in [6, 6.07) is 4.29. The molecule has 1 nitrogen and oxygen atoms in total. The van der Waals surface area contributed by atoms with E-state index >= 15 is 0 Å². The number of benzene rings is 1. The third kappa shape index (κ3) is 2.43. The van der Waals surface area contributed by atoms with Gasteiger partial charge in [-0.2, -0.15) is 0 Å². The summed E-state index contributed by atoms with van der Waals surface area (Å²) in [5, 5.41) is 3.10. The molecule has 1 N–H and O–H groups in total. The quantitative estimate of drug-likeness (QED) is 0.792. The van der Waals surface area contributed by atoms with Crippen molar-refractivity contribution in [2.75, 3.05) is 7.05 Å². The van der Waals surface area contributed by atoms with Crippen molar-refractivity contribution in [1.29, 1.82) is 0 Å². The van der Waals surface area contributed by atoms with Crippen molar-refractivity contribution in [3.05, 3.63) is 55.2 Å². The summed E-state index contributed by atoms with van der Waals surface area (Å²) in [6.45, 7) is 0. The lowest BCUT2D eigenvalue weighted by atomic mass is 10.0. The van der Waals surface area contributed by atoms with E-state index in [0.29, 0.717) is 5.56 Å². The van der Waals surface area contributed by atoms with Crippen LogP contribution in [0.5, 0.6) is 0 Å². The second-order valence-electron chi connectivity index (χ2n) is 4.96. The summed E-state index contributed by atoms with van der Waals surface area (Å²) in [5.74, 6) is -0.836. The highest BCUT2D eigenvalue weighted by molar-refractivity contribution is 9.10. The van der Waals surface area contributed by atoms with Crippen molar-refractivity contribution in [3.8, 4) is 0 Å². The minimum absolute atomic E-state index is 0.155. The summed E-state index contributed by atoms with van der Waals surface area (Å²) in [6.07, 6.45) is 3.40. The lowest BCUT2D eigenvalue weighted by Crippen LogP contribution is -2.18. The summed E-state index contributed by atoms with van der Waals surface area (Å²) in [5.41, 5.74) is 1.72. The van der Waals surface area contributed by atoms with Gasteiger partial charge in [-0.05, 0) is 66.0 Å². The van der Waals surface area contributed by atoms with E-state index in [1.165, 1.54) is 29.0 Å². The van der Waals surface area contributed by atoms with Crippen LogP contribution in [0.25, 0.3) is 0 Å². The summed E-state index contributed by atoms with van der Waals surface area (Å²) in [4.78, 5) is 2.44. The van der Waals surface area contributed by atoms with E-state index in [4.69, 9.17) is 0 Å². The van der Waals surface area contributed by atoms with Gasteiger partial charge in [-0.25, -0.2) is 8.78 Å². The number of hydrogen-bond donors (Lipinski definition) is 1. The van der Waals surface area contributed by atoms with Crippen LogP contribution in [0.1, 0.15) is 33.3 Å². The molecule has 0 aliphatic heterocycles. The molecule has 2 aromatic rings. The lowest BCUT2D eigenvalue weighted by Gasteiger charge is -2.16. The Kier molecular flexibility index (Phi) is 3.93. The zero-order valence-corrected chi connectivity index (χ0v) is 13.4. The van der Waals surface area contributed by atoms with E-state index in [1.54, 1.807) is 18.4 Å². The monoisotopic (exact) mass is 357 g/mol. The van der Waals surface area contributed by atoms with Gasteiger partial charge >= 0.3 is 0 Å². The van der Waals surface area contributed by atoms with Crippen LogP contribution in [0.3, 0.4) is 0 Å². The third-order valence-corrected chi connectivity index (χ3v) is 5.60. The molecule has 0 bridgehead atoms. The summed E-state index contributed by atoms with van der Waals surface area (Å²) < 4.78 is 28.0. The number of fused-ring (bicyclic) bond motifs is 1. The minimum Gasteiger partial charge on any atom is -0.309 e. The third-order valence-electron chi connectivity index (χ3n) is 3.69. The molecule has 0 saturated carbocycles. The van der Waals surface area contributed by atoms with Crippen LogP contribution in [0.15, 0.2) is 22.7 Å². The molecular weight excluding hydrogens is 344 g/mol. The van der Waals surface area contributed by atoms with Gasteiger partial charge in [-0.3, -0.25) is 0 Å². The maximum atomic E-state index is 14.1. The van der Waals surface area contributed by atoms with Crippen molar-refractivity contribution in [2.45, 2.75) is 25.3 Å². The Morgan fingerprint density at radius 3 is 2.70 bits per heavy atom. The van der Waals surface area contributed by atoms with Crippen LogP contribution >= 0.6 is 27.3 Å². The summed E-state index contributed by atoms with van der Waals surface area (Å²) >= 11 is 4.72. The Bertz CT molecular complexity index is 632. The number of hydrogen-bond acceptors (Lipinski definition) is 2. The Hall–Kier alpha value is -0.780. The highest BCUT2D eigenvalue weighted by Gasteiger charge is 2.23. The average molecular weight is 358 g/mol. The zero-order chi connectivity index (χ0) is 14.3. The van der Waals surface area contributed by atoms with E-state index in [-0.39, 0.29) is 10.5 Å². The molecule has 0 amide bonds. The Morgan fingerprint density at radius 1 is 1.20 bits per heavy atom. The van der Waals surface area contributed by atoms with E-state index in [0.717, 1.165) is 17.7 Å². The Labute approximate surface area is 129 Å². The molecule has 0 spiro atoms. The molecule has 106 valence electrons. The highest BCUT2D eigenvalue weighted by Crippen LogP contribution is 2.37. The normalized spacial score (nSPS) is 15.4. The fourth-order valence-corrected chi connectivity index (χ4v) is 4.41. The SMILES string of the molecule is CNC(c1cc2c(s1)CCC2)c1cc(F)c(Br)cc1F. The van der Waals surface area contributed by atoms with Gasteiger partial charge < -0.3 is 5.32 Å². The second-order valence-corrected chi connectivity index (χ2v) is 6.98. The maximum Gasteiger partial charge on any atom is 0.137 e. The van der Waals surface area contributed by atoms with Crippen molar-refractivity contribution in [1.82, 2.24) is 5.32 Å². The zero-order valence-electron chi connectivity index (χ0n) is 11.0. The first kappa shape index (κ1) is 14.2. The molecule has 3 rings (SSSR count). The molecule has 5 heteroatoms. The fraction of sp³-hybridized carbons (Fsp3) is 0.333. The molecule has 1 aliphatic rings. The molecule has 1 unspecified atom stereocenters. The molecule has 20 heavy (non-hydrogen) atoms. The molecule has 1 heterocycles. The van der Waals surface area contributed by atoms with E-state index in [9.17, 15) is 8.78 Å². The number of rotatable bonds is 3. The van der Waals surface area contributed by atoms with Gasteiger partial charge in [0.2, 0.25) is 0 Å². The Morgan fingerprint density at radius 2 is 2.00 bits per heavy atom. The molecular formula is C15H14BrF2NS. The van der Waals surface area contributed by atoms with Gasteiger partial charge in [0, 0.05) is 15.3 Å². The number of halogens is 3. The van der Waals surface area contributed by atoms with Crippen molar-refractivity contribution >= 4 is 27.3 Å². The maximum absolute atomic E-state index is 14.1. The summed E-state index contributed by atoms with van der Waals surface area (Å²) in [7, 11) is 1.77. The van der Waals surface area contributed by atoms with Gasteiger partial charge in [-0.15, -0.1) is 11.3 Å². The van der Waals surface area contributed by atoms with E-state index < -0.39 is 11.6 Å². The van der Waals surface area contributed by atoms with Crippen LogP contribution in [0.4, 0.5) is 8.78 Å². The van der Waals surface area contributed by atoms with Crippen LogP contribution in [0, 0.1) is 11.6 Å². The van der Waals surface area contributed by atoms with Gasteiger partial charge in [0.25, 0.3) is 0 Å².